The molecule has 0 unspecified atom stereocenters. The molecule has 1 heterocycles. The summed E-state index contributed by atoms with van der Waals surface area (Å²) >= 11 is 0. The van der Waals surface area contributed by atoms with Crippen molar-refractivity contribution in [3.8, 4) is 16.9 Å². The number of amides is 1. The Morgan fingerprint density at radius 3 is 2.46 bits per heavy atom. The molecule has 0 saturated heterocycles. The second-order valence-electron chi connectivity index (χ2n) is 9.43. The highest BCUT2D eigenvalue weighted by molar-refractivity contribution is 7.89. The number of likely N-dealkylation sites (N-methyl/N-ethyl adjacent to an activating group) is 1. The lowest BCUT2D eigenvalue weighted by molar-refractivity contribution is 0.0560. The van der Waals surface area contributed by atoms with Crippen molar-refractivity contribution in [1.29, 1.82) is 0 Å². The highest BCUT2D eigenvalue weighted by Crippen LogP contribution is 2.36. The van der Waals surface area contributed by atoms with E-state index in [9.17, 15) is 22.7 Å². The van der Waals surface area contributed by atoms with Crippen LogP contribution >= 0.6 is 0 Å². The molecule has 1 aliphatic rings. The van der Waals surface area contributed by atoms with E-state index >= 15 is 0 Å². The Bertz CT molecular complexity index is 1370. The molecule has 0 spiro atoms. The molecule has 0 fully saturated rings. The number of aliphatic hydroxyl groups excluding tert-OH is 1. The normalized spacial score (nSPS) is 20.1. The predicted octanol–water partition coefficient (Wildman–Crippen LogP) is 4.03. The van der Waals surface area contributed by atoms with Gasteiger partial charge in [-0.15, -0.1) is 0 Å². The number of sulfonamides is 1. The summed E-state index contributed by atoms with van der Waals surface area (Å²) in [5.74, 6) is -1.30. The third-order valence-electron chi connectivity index (χ3n) is 6.68. The van der Waals surface area contributed by atoms with E-state index < -0.39 is 33.9 Å². The highest BCUT2D eigenvalue weighted by Gasteiger charge is 2.38. The van der Waals surface area contributed by atoms with Gasteiger partial charge < -0.3 is 14.7 Å². The number of nitrogens with zero attached hydrogens (tertiary/aromatic N) is 2. The van der Waals surface area contributed by atoms with Crippen molar-refractivity contribution in [2.75, 3.05) is 26.7 Å². The Morgan fingerprint density at radius 2 is 1.78 bits per heavy atom. The Labute approximate surface area is 217 Å². The first kappa shape index (κ1) is 26.8. The van der Waals surface area contributed by atoms with Crippen LogP contribution < -0.4 is 4.74 Å². The number of carbonyl (C=O) groups is 1. The van der Waals surface area contributed by atoms with Gasteiger partial charge in [-0.3, -0.25) is 4.79 Å². The molecule has 0 aromatic heterocycles. The van der Waals surface area contributed by atoms with Crippen LogP contribution in [0.25, 0.3) is 11.1 Å². The van der Waals surface area contributed by atoms with E-state index in [4.69, 9.17) is 4.74 Å². The van der Waals surface area contributed by atoms with E-state index in [1.165, 1.54) is 33.5 Å². The first-order chi connectivity index (χ1) is 17.6. The third-order valence-corrected chi connectivity index (χ3v) is 8.70. The van der Waals surface area contributed by atoms with Crippen molar-refractivity contribution in [2.45, 2.75) is 30.9 Å². The van der Waals surface area contributed by atoms with E-state index in [1.54, 1.807) is 32.2 Å². The van der Waals surface area contributed by atoms with Crippen LogP contribution in [0.1, 0.15) is 24.2 Å². The van der Waals surface area contributed by atoms with Crippen molar-refractivity contribution >= 4 is 15.9 Å². The molecule has 1 aliphatic heterocycles. The lowest BCUT2D eigenvalue weighted by Gasteiger charge is -2.37. The minimum Gasteiger partial charge on any atom is -0.487 e. The average Bonchev–Trinajstić information content (AvgIpc) is 2.90. The smallest absolute Gasteiger partial charge is 0.256 e. The molecule has 1 N–H and O–H groups in total. The fraction of sp³-hybridized carbons (Fsp3) is 0.321. The maximum atomic E-state index is 14.3. The SMILES string of the molecule is C[C@@H]1CN([C@H](C)CO)S(=O)(=O)c2ccc(-c3ccccc3)cc2O[C@H]1CN(C)C(=O)c1ccccc1F. The van der Waals surface area contributed by atoms with Crippen LogP contribution in [0.15, 0.2) is 77.7 Å². The number of rotatable bonds is 6. The summed E-state index contributed by atoms with van der Waals surface area (Å²) in [5, 5.41) is 9.82. The molecule has 3 atom stereocenters. The van der Waals surface area contributed by atoms with Gasteiger partial charge in [0.05, 0.1) is 18.7 Å². The van der Waals surface area contributed by atoms with E-state index in [1.807, 2.05) is 37.3 Å². The van der Waals surface area contributed by atoms with Gasteiger partial charge in [-0.2, -0.15) is 4.31 Å². The van der Waals surface area contributed by atoms with E-state index in [0.717, 1.165) is 11.1 Å². The van der Waals surface area contributed by atoms with Gasteiger partial charge in [-0.25, -0.2) is 12.8 Å². The summed E-state index contributed by atoms with van der Waals surface area (Å²) in [6, 6.07) is 19.6. The summed E-state index contributed by atoms with van der Waals surface area (Å²) in [6.45, 7) is 3.32. The van der Waals surface area contributed by atoms with Gasteiger partial charge in [-0.05, 0) is 42.3 Å². The third kappa shape index (κ3) is 5.53. The van der Waals surface area contributed by atoms with Crippen molar-refractivity contribution < 1.29 is 27.4 Å². The maximum absolute atomic E-state index is 14.3. The largest absolute Gasteiger partial charge is 0.487 e. The van der Waals surface area contributed by atoms with Crippen molar-refractivity contribution in [2.24, 2.45) is 5.92 Å². The number of hydrogen-bond acceptors (Lipinski definition) is 5. The van der Waals surface area contributed by atoms with E-state index in [2.05, 4.69) is 0 Å². The van der Waals surface area contributed by atoms with Crippen LogP contribution in [-0.4, -0.2) is 67.5 Å². The Balaban J connectivity index is 1.74. The van der Waals surface area contributed by atoms with E-state index in [0.29, 0.717) is 0 Å². The quantitative estimate of drug-likeness (QED) is 0.524. The standard InChI is InChI=1S/C28H31FN2O5S/c1-19-16-31(20(2)18-32)37(34,35)27-14-13-22(21-9-5-4-6-10-21)15-25(27)36-26(19)17-30(3)28(33)23-11-7-8-12-24(23)29/h4-15,19-20,26,32H,16-18H2,1-3H3/t19-,20-,26+/m1/s1. The van der Waals surface area contributed by atoms with Gasteiger partial charge in [0.1, 0.15) is 22.6 Å². The van der Waals surface area contributed by atoms with E-state index in [-0.39, 0.29) is 41.8 Å². The second kappa shape index (κ2) is 11.0. The van der Waals surface area contributed by atoms with Gasteiger partial charge in [0.2, 0.25) is 10.0 Å². The fourth-order valence-electron chi connectivity index (χ4n) is 4.45. The summed E-state index contributed by atoms with van der Waals surface area (Å²) in [7, 11) is -2.42. The fourth-order valence-corrected chi connectivity index (χ4v) is 6.27. The molecular formula is C28H31FN2O5S. The molecule has 7 nitrogen and oxygen atoms in total. The number of carbonyl (C=O) groups excluding carboxylic acids is 1. The molecule has 0 aliphatic carbocycles. The molecule has 37 heavy (non-hydrogen) atoms. The van der Waals surface area contributed by atoms with Crippen molar-refractivity contribution in [3.05, 3.63) is 84.2 Å². The zero-order valence-electron chi connectivity index (χ0n) is 21.0. The number of hydrogen-bond donors (Lipinski definition) is 1. The minimum atomic E-state index is -3.98. The highest BCUT2D eigenvalue weighted by atomic mass is 32.2. The summed E-state index contributed by atoms with van der Waals surface area (Å²) in [6.07, 6.45) is -0.602. The van der Waals surface area contributed by atoms with Gasteiger partial charge in [0, 0.05) is 25.6 Å². The molecule has 3 aromatic carbocycles. The van der Waals surface area contributed by atoms with Crippen LogP contribution in [0.5, 0.6) is 5.75 Å². The van der Waals surface area contributed by atoms with Gasteiger partial charge >= 0.3 is 0 Å². The summed E-state index contributed by atoms with van der Waals surface area (Å²) in [5.41, 5.74) is 1.62. The lowest BCUT2D eigenvalue weighted by atomic mass is 10.0. The average molecular weight is 527 g/mol. The van der Waals surface area contributed by atoms with Crippen LogP contribution in [-0.2, 0) is 10.0 Å². The first-order valence-corrected chi connectivity index (χ1v) is 13.6. The zero-order valence-corrected chi connectivity index (χ0v) is 21.9. The van der Waals surface area contributed by atoms with Crippen LogP contribution in [0.4, 0.5) is 4.39 Å². The van der Waals surface area contributed by atoms with Gasteiger partial charge in [0.25, 0.3) is 5.91 Å². The molecule has 1 amide bonds. The van der Waals surface area contributed by atoms with Crippen molar-refractivity contribution in [3.63, 3.8) is 0 Å². The van der Waals surface area contributed by atoms with Crippen LogP contribution in [0.2, 0.25) is 0 Å². The molecular weight excluding hydrogens is 495 g/mol. The van der Waals surface area contributed by atoms with Crippen LogP contribution in [0.3, 0.4) is 0 Å². The number of ether oxygens (including phenoxy) is 1. The maximum Gasteiger partial charge on any atom is 0.256 e. The molecule has 0 bridgehead atoms. The second-order valence-corrected chi connectivity index (χ2v) is 11.3. The minimum absolute atomic E-state index is 0.00698. The monoisotopic (exact) mass is 526 g/mol. The van der Waals surface area contributed by atoms with Gasteiger partial charge in [0.15, 0.2) is 0 Å². The number of fused-ring (bicyclic) bond motifs is 1. The molecule has 3 aromatic rings. The predicted molar refractivity (Wildman–Crippen MR) is 139 cm³/mol. The topological polar surface area (TPSA) is 87.2 Å². The van der Waals surface area contributed by atoms with Gasteiger partial charge in [-0.1, -0.05) is 55.5 Å². The Morgan fingerprint density at radius 1 is 1.11 bits per heavy atom. The molecule has 0 radical (unpaired) electrons. The zero-order chi connectivity index (χ0) is 26.7. The molecule has 0 saturated carbocycles. The number of aliphatic hydroxyl groups is 1. The molecule has 196 valence electrons. The molecule has 4 rings (SSSR count). The van der Waals surface area contributed by atoms with Crippen molar-refractivity contribution in [1.82, 2.24) is 9.21 Å². The Hall–Kier alpha value is -3.27. The first-order valence-electron chi connectivity index (χ1n) is 12.1. The molecule has 9 heteroatoms. The number of halogens is 1. The lowest BCUT2D eigenvalue weighted by Crippen LogP contribution is -2.50. The van der Waals surface area contributed by atoms with Crippen LogP contribution in [0, 0.1) is 11.7 Å². The Kier molecular flexibility index (Phi) is 7.96. The number of benzene rings is 3. The summed E-state index contributed by atoms with van der Waals surface area (Å²) in [4.78, 5) is 14.4. The summed E-state index contributed by atoms with van der Waals surface area (Å²) < 4.78 is 49.2.